The first-order valence-corrected chi connectivity index (χ1v) is 13.5. The molecular formula is C31H38N6O3. The molecule has 2 N–H and O–H groups in total. The summed E-state index contributed by atoms with van der Waals surface area (Å²) in [6.07, 6.45) is 3.71. The molecule has 9 heteroatoms. The normalized spacial score (nSPS) is 11.1. The molecule has 0 saturated heterocycles. The Kier molecular flexibility index (Phi) is 9.06. The number of urea groups is 1. The molecule has 40 heavy (non-hydrogen) atoms. The van der Waals surface area contributed by atoms with Crippen molar-refractivity contribution in [3.8, 4) is 28.0 Å². The molecule has 0 spiro atoms. The number of methoxy groups -OCH3 is 1. The molecule has 9 nitrogen and oxygen atoms in total. The summed E-state index contributed by atoms with van der Waals surface area (Å²) in [6.45, 7) is 6.87. The fraction of sp³-hybridized carbons (Fsp3) is 0.323. The highest BCUT2D eigenvalue weighted by Gasteiger charge is 2.20. The Balaban J connectivity index is 1.70. The summed E-state index contributed by atoms with van der Waals surface area (Å²) in [4.78, 5) is 39.7. The molecular weight excluding hydrogens is 504 g/mol. The number of fused-ring (bicyclic) bond motifs is 1. The number of amides is 3. The van der Waals surface area contributed by atoms with Crippen LogP contribution in [0, 0.1) is 0 Å². The van der Waals surface area contributed by atoms with Gasteiger partial charge in [-0.15, -0.1) is 0 Å². The number of aromatic amines is 1. The smallest absolute Gasteiger partial charge is 0.321 e. The van der Waals surface area contributed by atoms with E-state index in [4.69, 9.17) is 4.74 Å². The summed E-state index contributed by atoms with van der Waals surface area (Å²) < 4.78 is 5.58. The van der Waals surface area contributed by atoms with Crippen LogP contribution in [0.1, 0.15) is 24.2 Å². The fourth-order valence-corrected chi connectivity index (χ4v) is 4.55. The van der Waals surface area contributed by atoms with Gasteiger partial charge in [-0.25, -0.2) is 9.78 Å². The van der Waals surface area contributed by atoms with E-state index in [-0.39, 0.29) is 11.9 Å². The molecule has 2 heterocycles. The van der Waals surface area contributed by atoms with Gasteiger partial charge in [0.1, 0.15) is 11.4 Å². The van der Waals surface area contributed by atoms with E-state index in [0.29, 0.717) is 24.3 Å². The Morgan fingerprint density at radius 3 is 2.42 bits per heavy atom. The number of para-hydroxylation sites is 1. The van der Waals surface area contributed by atoms with Crippen molar-refractivity contribution in [1.82, 2.24) is 24.7 Å². The number of H-pyrrole nitrogens is 1. The van der Waals surface area contributed by atoms with E-state index in [1.165, 1.54) is 4.90 Å². The third kappa shape index (κ3) is 6.10. The molecule has 0 unspecified atom stereocenters. The first kappa shape index (κ1) is 28.6. The number of carbonyl (C=O) groups is 2. The van der Waals surface area contributed by atoms with Gasteiger partial charge in [0.2, 0.25) is 0 Å². The second-order valence-corrected chi connectivity index (χ2v) is 9.89. The number of nitrogens with zero attached hydrogens (tertiary/aromatic N) is 4. The average Bonchev–Trinajstić information content (AvgIpc) is 3.40. The molecule has 3 amide bonds. The maximum atomic E-state index is 13.2. The van der Waals surface area contributed by atoms with Crippen LogP contribution in [0.2, 0.25) is 0 Å². The van der Waals surface area contributed by atoms with Crippen LogP contribution in [-0.2, 0) is 0 Å². The predicted octanol–water partition coefficient (Wildman–Crippen LogP) is 5.41. The predicted molar refractivity (Wildman–Crippen MR) is 161 cm³/mol. The van der Waals surface area contributed by atoms with Crippen molar-refractivity contribution in [3.63, 3.8) is 0 Å². The number of rotatable bonds is 10. The number of carbonyl (C=O) groups excluding carboxylic acids is 2. The Morgan fingerprint density at radius 2 is 1.73 bits per heavy atom. The second-order valence-electron chi connectivity index (χ2n) is 9.89. The summed E-state index contributed by atoms with van der Waals surface area (Å²) in [5.74, 6) is 0.575. The Morgan fingerprint density at radius 1 is 0.950 bits per heavy atom. The zero-order valence-electron chi connectivity index (χ0n) is 24.1. The van der Waals surface area contributed by atoms with Crippen LogP contribution < -0.4 is 10.1 Å². The Hall–Kier alpha value is -4.37. The molecule has 2 aromatic heterocycles. The summed E-state index contributed by atoms with van der Waals surface area (Å²) in [7, 11) is 7.08. The van der Waals surface area contributed by atoms with E-state index < -0.39 is 0 Å². The number of likely N-dealkylation sites (N-methyl/N-ethyl adjacent to an activating group) is 2. The van der Waals surface area contributed by atoms with E-state index in [9.17, 15) is 9.59 Å². The van der Waals surface area contributed by atoms with Crippen molar-refractivity contribution in [2.45, 2.75) is 13.8 Å². The van der Waals surface area contributed by atoms with Gasteiger partial charge in [0.05, 0.1) is 18.4 Å². The van der Waals surface area contributed by atoms with E-state index in [1.54, 1.807) is 38.4 Å². The quantitative estimate of drug-likeness (QED) is 0.279. The van der Waals surface area contributed by atoms with Crippen molar-refractivity contribution in [2.24, 2.45) is 0 Å². The van der Waals surface area contributed by atoms with Crippen LogP contribution in [0.3, 0.4) is 0 Å². The number of ether oxygens (including phenoxy) is 1. The number of pyridine rings is 1. The minimum Gasteiger partial charge on any atom is -0.496 e. The van der Waals surface area contributed by atoms with Crippen molar-refractivity contribution in [2.75, 3.05) is 59.7 Å². The summed E-state index contributed by atoms with van der Waals surface area (Å²) >= 11 is 0. The standard InChI is InChI=1S/C31H38N6O3/c1-7-36(5)15-16-37(8-2)31(39)34-27-14-13-21(17-25(27)30(38)35(3)4)22-18-24-26(20-33-29(24)32-19-22)23-11-9-10-12-28(23)40-6/h9-14,17-20H,7-8,15-16H2,1-6H3,(H,32,33)(H,34,39). The van der Waals surface area contributed by atoms with Crippen molar-refractivity contribution < 1.29 is 14.3 Å². The monoisotopic (exact) mass is 542 g/mol. The Labute approximate surface area is 235 Å². The maximum absolute atomic E-state index is 13.2. The van der Waals surface area contributed by atoms with E-state index >= 15 is 0 Å². The van der Waals surface area contributed by atoms with Crippen molar-refractivity contribution >= 4 is 28.7 Å². The number of hydrogen-bond acceptors (Lipinski definition) is 5. The Bertz CT molecular complexity index is 1500. The maximum Gasteiger partial charge on any atom is 0.321 e. The first-order chi connectivity index (χ1) is 19.3. The van der Waals surface area contributed by atoms with Gasteiger partial charge in [-0.2, -0.15) is 0 Å². The van der Waals surface area contributed by atoms with Gasteiger partial charge in [-0.05, 0) is 50.3 Å². The molecule has 210 valence electrons. The molecule has 0 bridgehead atoms. The van der Waals surface area contributed by atoms with Gasteiger partial charge < -0.3 is 29.7 Å². The second kappa shape index (κ2) is 12.7. The van der Waals surface area contributed by atoms with Gasteiger partial charge in [-0.3, -0.25) is 4.79 Å². The van der Waals surface area contributed by atoms with Crippen LogP contribution >= 0.6 is 0 Å². The molecule has 4 aromatic rings. The molecule has 0 radical (unpaired) electrons. The minimum absolute atomic E-state index is 0.198. The van der Waals surface area contributed by atoms with Gasteiger partial charge in [-0.1, -0.05) is 31.2 Å². The number of benzene rings is 2. The van der Waals surface area contributed by atoms with Crippen LogP contribution in [0.25, 0.3) is 33.3 Å². The van der Waals surface area contributed by atoms with Gasteiger partial charge >= 0.3 is 6.03 Å². The van der Waals surface area contributed by atoms with Crippen LogP contribution in [-0.4, -0.2) is 91.0 Å². The number of anilines is 1. The molecule has 0 fully saturated rings. The van der Waals surface area contributed by atoms with E-state index in [1.807, 2.05) is 56.6 Å². The summed E-state index contributed by atoms with van der Waals surface area (Å²) in [5.41, 5.74) is 5.25. The van der Waals surface area contributed by atoms with Crippen molar-refractivity contribution in [3.05, 3.63) is 66.5 Å². The SMILES string of the molecule is CCN(C)CCN(CC)C(=O)Nc1ccc(-c2cnc3[nH]cc(-c4ccccc4OC)c3c2)cc1C(=O)N(C)C. The van der Waals surface area contributed by atoms with Crippen LogP contribution in [0.15, 0.2) is 60.9 Å². The number of nitrogens with one attached hydrogen (secondary N) is 2. The highest BCUT2D eigenvalue weighted by atomic mass is 16.5. The first-order valence-electron chi connectivity index (χ1n) is 13.5. The lowest BCUT2D eigenvalue weighted by atomic mass is 9.99. The minimum atomic E-state index is -0.232. The fourth-order valence-electron chi connectivity index (χ4n) is 4.55. The molecule has 2 aromatic carbocycles. The summed E-state index contributed by atoms with van der Waals surface area (Å²) in [5, 5.41) is 3.91. The zero-order valence-corrected chi connectivity index (χ0v) is 24.1. The van der Waals surface area contributed by atoms with Crippen LogP contribution in [0.4, 0.5) is 10.5 Å². The molecule has 0 saturated carbocycles. The molecule has 0 aliphatic carbocycles. The topological polar surface area (TPSA) is 93.8 Å². The lowest BCUT2D eigenvalue weighted by molar-refractivity contribution is 0.0828. The molecule has 4 rings (SSSR count). The summed E-state index contributed by atoms with van der Waals surface area (Å²) in [6, 6.07) is 15.2. The molecule has 0 aliphatic rings. The third-order valence-electron chi connectivity index (χ3n) is 7.12. The van der Waals surface area contributed by atoms with E-state index in [0.717, 1.165) is 52.1 Å². The lowest BCUT2D eigenvalue weighted by Gasteiger charge is -2.25. The zero-order chi connectivity index (χ0) is 28.8. The molecule has 0 atom stereocenters. The lowest BCUT2D eigenvalue weighted by Crippen LogP contribution is -2.40. The third-order valence-corrected chi connectivity index (χ3v) is 7.12. The van der Waals surface area contributed by atoms with Gasteiger partial charge in [0.25, 0.3) is 5.91 Å². The average molecular weight is 543 g/mol. The van der Waals surface area contributed by atoms with Gasteiger partial charge in [0.15, 0.2) is 0 Å². The van der Waals surface area contributed by atoms with Crippen molar-refractivity contribution in [1.29, 1.82) is 0 Å². The van der Waals surface area contributed by atoms with Crippen LogP contribution in [0.5, 0.6) is 5.75 Å². The molecule has 0 aliphatic heterocycles. The van der Waals surface area contributed by atoms with E-state index in [2.05, 4.69) is 33.2 Å². The number of aromatic nitrogens is 2. The number of hydrogen-bond donors (Lipinski definition) is 2. The highest BCUT2D eigenvalue weighted by molar-refractivity contribution is 6.05. The largest absolute Gasteiger partial charge is 0.496 e. The highest BCUT2D eigenvalue weighted by Crippen LogP contribution is 2.36. The van der Waals surface area contributed by atoms with Gasteiger partial charge in [0, 0.05) is 68.2 Å².